The molecule has 0 aliphatic carbocycles. The van der Waals surface area contributed by atoms with Crippen molar-refractivity contribution in [1.82, 2.24) is 10.6 Å². The molecule has 2 heterocycles. The van der Waals surface area contributed by atoms with Gasteiger partial charge in [0.15, 0.2) is 18.7 Å². The molecule has 20 nitrogen and oxygen atoms in total. The standard InChI is InChI=1S/C76H137N2O18P/c1-10-17-21-25-28-31-32-33-34-35-36-38-40-44-48-52-66(80)77-69-73(88-58-53-63(86-9)51-47-42-24-20-13-4)71(96-97(84,91-55-15-6)92-56-16-7)64(60-85-8)94-75(69)90-61-65-70(95-76(83)89-54-14-5)72(87-57-49-45-41-30-27-23-19-12-3)68(74(82)93-65)78-67(81)59-62(79)50-46-43-39-37-29-26-22-18-11-2/h14-16,31-32,63-65,68-75,82H,5-7,10-13,17-30,33-61H2,1-4,8-9H3,(H,77,80)(H,78,81)/t63-,64-,65?,68-,69-,70-,71-,72-,73-,74?,75-/m1/s1. The van der Waals surface area contributed by atoms with Crippen molar-refractivity contribution in [3.8, 4) is 0 Å². The number of ketones is 1. The Bertz CT molecular complexity index is 2070. The van der Waals surface area contributed by atoms with Crippen LogP contribution in [0.15, 0.2) is 50.1 Å². The van der Waals surface area contributed by atoms with E-state index in [4.69, 9.17) is 56.2 Å². The zero-order valence-electron chi connectivity index (χ0n) is 61.4. The van der Waals surface area contributed by atoms with Gasteiger partial charge in [0.05, 0.1) is 39.0 Å². The van der Waals surface area contributed by atoms with E-state index in [2.05, 4.69) is 70.2 Å². The molecule has 564 valence electrons. The summed E-state index contributed by atoms with van der Waals surface area (Å²) in [6.07, 6.45) is 35.3. The number of aliphatic hydroxyl groups is 1. The molecule has 2 aliphatic heterocycles. The minimum absolute atomic E-state index is 0.0912. The van der Waals surface area contributed by atoms with Crippen LogP contribution in [-0.2, 0) is 75.2 Å². The van der Waals surface area contributed by atoms with Crippen LogP contribution in [-0.4, -0.2) is 157 Å². The number of Topliss-reactive ketones (excluding diaryl/α,β-unsaturated/α-hetero) is 1. The quantitative estimate of drug-likeness (QED) is 0.0169. The molecule has 0 radical (unpaired) electrons. The number of methoxy groups -OCH3 is 2. The Morgan fingerprint density at radius 2 is 0.979 bits per heavy atom. The number of carbonyl (C=O) groups excluding carboxylic acids is 4. The highest BCUT2D eigenvalue weighted by Gasteiger charge is 2.54. The number of nitrogens with one attached hydrogen (secondary N) is 2. The van der Waals surface area contributed by atoms with Gasteiger partial charge in [-0.2, -0.15) is 0 Å². The van der Waals surface area contributed by atoms with E-state index < -0.39 is 94.2 Å². The number of phosphoric ester groups is 1. The number of phosphoric acid groups is 1. The van der Waals surface area contributed by atoms with Crippen molar-refractivity contribution in [2.45, 2.75) is 352 Å². The molecule has 2 unspecified atom stereocenters. The molecule has 21 heteroatoms. The number of carbonyl (C=O) groups is 4. The Labute approximate surface area is 587 Å². The van der Waals surface area contributed by atoms with E-state index in [1.54, 1.807) is 7.11 Å². The second-order valence-corrected chi connectivity index (χ2v) is 27.9. The fourth-order valence-electron chi connectivity index (χ4n) is 12.3. The topological polar surface area (TPSA) is 240 Å². The predicted molar refractivity (Wildman–Crippen MR) is 384 cm³/mol. The summed E-state index contributed by atoms with van der Waals surface area (Å²) in [7, 11) is -1.36. The predicted octanol–water partition coefficient (Wildman–Crippen LogP) is 17.3. The third-order valence-electron chi connectivity index (χ3n) is 17.8. The van der Waals surface area contributed by atoms with Gasteiger partial charge in [0, 0.05) is 40.3 Å². The van der Waals surface area contributed by atoms with Gasteiger partial charge < -0.3 is 58.4 Å². The van der Waals surface area contributed by atoms with Crippen LogP contribution in [0.4, 0.5) is 4.79 Å². The lowest BCUT2D eigenvalue weighted by atomic mass is 9.95. The number of rotatable bonds is 66. The summed E-state index contributed by atoms with van der Waals surface area (Å²) in [5.41, 5.74) is 0. The second-order valence-electron chi connectivity index (χ2n) is 26.3. The van der Waals surface area contributed by atoms with E-state index in [9.17, 15) is 28.8 Å². The summed E-state index contributed by atoms with van der Waals surface area (Å²) in [6, 6.07) is -2.54. The summed E-state index contributed by atoms with van der Waals surface area (Å²) in [5, 5.41) is 18.0. The third-order valence-corrected chi connectivity index (χ3v) is 19.3. The zero-order chi connectivity index (χ0) is 70.8. The number of allylic oxidation sites excluding steroid dienone is 2. The number of hydrogen-bond acceptors (Lipinski definition) is 18. The van der Waals surface area contributed by atoms with Crippen LogP contribution in [0.3, 0.4) is 0 Å². The number of aliphatic hydroxyl groups excluding tert-OH is 1. The lowest BCUT2D eigenvalue weighted by Gasteiger charge is -2.47. The Balaban J connectivity index is 2.65. The summed E-state index contributed by atoms with van der Waals surface area (Å²) < 4.78 is 89.1. The molecule has 11 atom stereocenters. The molecule has 0 spiro atoms. The molecule has 2 rings (SSSR count). The Kier molecular flexibility index (Phi) is 55.7. The molecule has 0 bridgehead atoms. The molecule has 0 aromatic heterocycles. The maximum atomic E-state index is 14.7. The van der Waals surface area contributed by atoms with Crippen LogP contribution in [0, 0.1) is 0 Å². The highest BCUT2D eigenvalue weighted by Crippen LogP contribution is 2.52. The second kappa shape index (κ2) is 60.2. The summed E-state index contributed by atoms with van der Waals surface area (Å²) >= 11 is 0. The van der Waals surface area contributed by atoms with Gasteiger partial charge in [-0.05, 0) is 57.8 Å². The van der Waals surface area contributed by atoms with Crippen molar-refractivity contribution >= 4 is 31.6 Å². The van der Waals surface area contributed by atoms with Crippen molar-refractivity contribution in [1.29, 1.82) is 0 Å². The lowest BCUT2D eigenvalue weighted by Crippen LogP contribution is -2.68. The molecule has 0 aromatic rings. The molecule has 97 heavy (non-hydrogen) atoms. The Morgan fingerprint density at radius 3 is 1.53 bits per heavy atom. The van der Waals surface area contributed by atoms with Crippen molar-refractivity contribution in [3.05, 3.63) is 50.1 Å². The minimum Gasteiger partial charge on any atom is -0.430 e. The van der Waals surface area contributed by atoms with Crippen LogP contribution >= 0.6 is 7.82 Å². The van der Waals surface area contributed by atoms with Crippen LogP contribution in [0.25, 0.3) is 0 Å². The Hall–Kier alpha value is -3.37. The van der Waals surface area contributed by atoms with Gasteiger partial charge in [-0.15, -0.1) is 13.2 Å². The zero-order valence-corrected chi connectivity index (χ0v) is 62.3. The van der Waals surface area contributed by atoms with Gasteiger partial charge in [-0.1, -0.05) is 244 Å². The van der Waals surface area contributed by atoms with E-state index >= 15 is 0 Å². The minimum atomic E-state index is -4.48. The van der Waals surface area contributed by atoms with Crippen molar-refractivity contribution < 1.29 is 85.1 Å². The summed E-state index contributed by atoms with van der Waals surface area (Å²) in [4.78, 5) is 55.4. The average molecular weight is 1400 g/mol. The average Bonchev–Trinajstić information content (AvgIpc) is 0.788. The van der Waals surface area contributed by atoms with Crippen LogP contribution in [0.1, 0.15) is 285 Å². The van der Waals surface area contributed by atoms with E-state index in [1.807, 2.05) is 0 Å². The Morgan fingerprint density at radius 1 is 0.505 bits per heavy atom. The van der Waals surface area contributed by atoms with Crippen molar-refractivity contribution in [2.75, 3.05) is 60.5 Å². The van der Waals surface area contributed by atoms with E-state index in [-0.39, 0.29) is 70.3 Å². The van der Waals surface area contributed by atoms with E-state index in [0.29, 0.717) is 25.7 Å². The third kappa shape index (κ3) is 42.6. The van der Waals surface area contributed by atoms with Gasteiger partial charge >= 0.3 is 14.0 Å². The van der Waals surface area contributed by atoms with E-state index in [0.717, 1.165) is 141 Å². The summed E-state index contributed by atoms with van der Waals surface area (Å²) in [5.74, 6) is -1.24. The lowest BCUT2D eigenvalue weighted by molar-refractivity contribution is -0.303. The first-order valence-corrected chi connectivity index (χ1v) is 39.6. The monoisotopic (exact) mass is 1400 g/mol. The maximum absolute atomic E-state index is 14.7. The van der Waals surface area contributed by atoms with Gasteiger partial charge in [0.1, 0.15) is 55.0 Å². The highest BCUT2D eigenvalue weighted by molar-refractivity contribution is 7.48. The molecule has 0 saturated carbocycles. The molecule has 0 aromatic carbocycles. The SMILES string of the molecule is C=CCOC(=O)O[C@@H]1C(CO[C@@H]2O[C@H](COC)[C@@H](OP(=O)(OCC=C)OCC=C)[C@H](OCC[C@@H](CCCCCCC)OC)[C@H]2NC(=O)CCCCCCCCCC=CCCCCCC)OC(O)[C@H](NC(=O)CC(=O)CCCCCCCCCCC)[C@H]1OCCCCCCCCCC. The molecule has 2 saturated heterocycles. The fourth-order valence-corrected chi connectivity index (χ4v) is 13.6. The number of unbranched alkanes of at least 4 members (excludes halogenated alkanes) is 30. The van der Waals surface area contributed by atoms with Gasteiger partial charge in [-0.25, -0.2) is 9.36 Å². The summed E-state index contributed by atoms with van der Waals surface area (Å²) in [6.45, 7) is 18.9. The first-order chi connectivity index (χ1) is 47.3. The fraction of sp³-hybridized carbons (Fsp3) is 0.842. The molecule has 2 aliphatic rings. The van der Waals surface area contributed by atoms with Crippen LogP contribution in [0.2, 0.25) is 0 Å². The highest BCUT2D eigenvalue weighted by atomic mass is 31.2. The molecular formula is C76H137N2O18P. The molecule has 2 amide bonds. The normalized spacial score (nSPS) is 21.5. The van der Waals surface area contributed by atoms with Gasteiger partial charge in [-0.3, -0.25) is 28.0 Å². The molecule has 2 fully saturated rings. The number of amides is 2. The van der Waals surface area contributed by atoms with Crippen LogP contribution < -0.4 is 10.6 Å². The number of ether oxygens (including phenoxy) is 9. The largest absolute Gasteiger partial charge is 0.509 e. The molecular weight excluding hydrogens is 1260 g/mol. The van der Waals surface area contributed by atoms with E-state index in [1.165, 1.54) is 96.0 Å². The van der Waals surface area contributed by atoms with Crippen LogP contribution in [0.5, 0.6) is 0 Å². The first-order valence-electron chi connectivity index (χ1n) is 38.1. The van der Waals surface area contributed by atoms with Gasteiger partial charge in [0.2, 0.25) is 11.8 Å². The van der Waals surface area contributed by atoms with Gasteiger partial charge in [0.25, 0.3) is 0 Å². The van der Waals surface area contributed by atoms with Crippen molar-refractivity contribution in [3.63, 3.8) is 0 Å². The molecule has 3 N–H and O–H groups in total. The first kappa shape index (κ1) is 89.7. The smallest absolute Gasteiger partial charge is 0.430 e. The maximum Gasteiger partial charge on any atom is 0.509 e. The number of hydrogen-bond donors (Lipinski definition) is 3. The van der Waals surface area contributed by atoms with Crippen molar-refractivity contribution in [2.24, 2.45) is 0 Å².